The highest BCUT2D eigenvalue weighted by Gasteiger charge is 2.04. The lowest BCUT2D eigenvalue weighted by Crippen LogP contribution is -2.22. The molecule has 0 aliphatic heterocycles. The summed E-state index contributed by atoms with van der Waals surface area (Å²) in [5.41, 5.74) is 1.00. The Hall–Kier alpha value is -1.45. The van der Waals surface area contributed by atoms with Crippen LogP contribution < -0.4 is 10.3 Å². The van der Waals surface area contributed by atoms with Gasteiger partial charge in [0, 0.05) is 6.20 Å². The number of rotatable bonds is 5. The van der Waals surface area contributed by atoms with E-state index in [0.29, 0.717) is 24.1 Å². The molecule has 1 heterocycles. The minimum Gasteiger partial charge on any atom is -0.492 e. The Morgan fingerprint density at radius 2 is 1.86 bits per heavy atom. The van der Waals surface area contributed by atoms with E-state index in [4.69, 9.17) is 27.9 Å². The smallest absolute Gasteiger partial charge is 0.269 e. The Morgan fingerprint density at radius 1 is 1.19 bits per heavy atom. The number of nitrogens with zero attached hydrogens (tertiary/aromatic N) is 1. The van der Waals surface area contributed by atoms with Crippen LogP contribution in [0.1, 0.15) is 25.3 Å². The Morgan fingerprint density at radius 3 is 2.48 bits per heavy atom. The quantitative estimate of drug-likeness (QED) is 0.817. The van der Waals surface area contributed by atoms with Crippen LogP contribution >= 0.6 is 23.2 Å². The molecule has 0 amide bonds. The van der Waals surface area contributed by atoms with Gasteiger partial charge in [0.25, 0.3) is 5.56 Å². The molecule has 0 aliphatic rings. The molecule has 1 aromatic heterocycles. The molecular weight excluding hydrogens is 309 g/mol. The molecule has 2 aromatic rings. The molecule has 112 valence electrons. The van der Waals surface area contributed by atoms with Crippen LogP contribution in [0.25, 0.3) is 0 Å². The van der Waals surface area contributed by atoms with Crippen LogP contribution in [0, 0.1) is 0 Å². The van der Waals surface area contributed by atoms with Gasteiger partial charge in [0.05, 0.1) is 11.6 Å². The number of aromatic nitrogens is 1. The van der Waals surface area contributed by atoms with Gasteiger partial charge in [-0.3, -0.25) is 4.79 Å². The monoisotopic (exact) mass is 325 g/mol. The first kappa shape index (κ1) is 15.9. The number of hydrogen-bond donors (Lipinski definition) is 0. The molecule has 0 saturated carbocycles. The lowest BCUT2D eigenvalue weighted by molar-refractivity contribution is 0.296. The van der Waals surface area contributed by atoms with Crippen LogP contribution in [0.4, 0.5) is 0 Å². The van der Waals surface area contributed by atoms with Gasteiger partial charge in [0.2, 0.25) is 0 Å². The third kappa shape index (κ3) is 4.26. The summed E-state index contributed by atoms with van der Waals surface area (Å²) in [6.07, 6.45) is 1.56. The van der Waals surface area contributed by atoms with Crippen molar-refractivity contribution in [2.24, 2.45) is 0 Å². The molecular formula is C16H17Cl2NO2. The molecule has 21 heavy (non-hydrogen) atoms. The Bertz CT molecular complexity index is 663. The van der Waals surface area contributed by atoms with Gasteiger partial charge in [-0.2, -0.15) is 0 Å². The molecule has 0 aliphatic carbocycles. The molecule has 2 rings (SSSR count). The highest BCUT2D eigenvalue weighted by Crippen LogP contribution is 2.18. The molecule has 0 atom stereocenters. The second-order valence-corrected chi connectivity index (χ2v) is 5.92. The van der Waals surface area contributed by atoms with Crippen LogP contribution in [0.3, 0.4) is 0 Å². The van der Waals surface area contributed by atoms with E-state index in [1.807, 2.05) is 24.3 Å². The second kappa shape index (κ2) is 7.01. The molecule has 0 N–H and O–H groups in total. The van der Waals surface area contributed by atoms with Gasteiger partial charge in [-0.05, 0) is 29.7 Å². The first-order valence-electron chi connectivity index (χ1n) is 6.75. The summed E-state index contributed by atoms with van der Waals surface area (Å²) in [7, 11) is 0. The third-order valence-corrected chi connectivity index (χ3v) is 3.63. The normalized spacial score (nSPS) is 10.9. The predicted molar refractivity (Wildman–Crippen MR) is 86.7 cm³/mol. The van der Waals surface area contributed by atoms with E-state index in [-0.39, 0.29) is 10.6 Å². The van der Waals surface area contributed by atoms with E-state index in [1.54, 1.807) is 6.20 Å². The van der Waals surface area contributed by atoms with Crippen molar-refractivity contribution in [3.63, 3.8) is 0 Å². The molecule has 0 radical (unpaired) electrons. The summed E-state index contributed by atoms with van der Waals surface area (Å²) in [4.78, 5) is 11.8. The maximum atomic E-state index is 11.8. The second-order valence-electron chi connectivity index (χ2n) is 5.08. The van der Waals surface area contributed by atoms with Crippen LogP contribution in [0.5, 0.6) is 5.75 Å². The fourth-order valence-corrected chi connectivity index (χ4v) is 2.45. The Labute approximate surface area is 134 Å². The van der Waals surface area contributed by atoms with Crippen molar-refractivity contribution >= 4 is 23.2 Å². The van der Waals surface area contributed by atoms with Gasteiger partial charge < -0.3 is 9.30 Å². The van der Waals surface area contributed by atoms with Crippen molar-refractivity contribution in [3.05, 3.63) is 62.5 Å². The van der Waals surface area contributed by atoms with Crippen molar-refractivity contribution in [1.82, 2.24) is 4.57 Å². The van der Waals surface area contributed by atoms with E-state index >= 15 is 0 Å². The standard InChI is InChI=1S/C16H17Cl2NO2/c1-11(2)12-3-5-14(6-4-12)21-8-7-19-10-13(17)9-15(18)16(19)20/h3-6,9-11H,7-8H2,1-2H3. The minimum atomic E-state index is -0.264. The van der Waals surface area contributed by atoms with Crippen molar-refractivity contribution in [3.8, 4) is 5.75 Å². The zero-order valence-electron chi connectivity index (χ0n) is 12.0. The van der Waals surface area contributed by atoms with E-state index in [9.17, 15) is 4.79 Å². The maximum absolute atomic E-state index is 11.8. The molecule has 0 bridgehead atoms. The van der Waals surface area contributed by atoms with Gasteiger partial charge in [-0.25, -0.2) is 0 Å². The number of hydrogen-bond acceptors (Lipinski definition) is 2. The van der Waals surface area contributed by atoms with Crippen LogP contribution in [0.15, 0.2) is 41.3 Å². The van der Waals surface area contributed by atoms with E-state index in [2.05, 4.69) is 13.8 Å². The SMILES string of the molecule is CC(C)c1ccc(OCCn2cc(Cl)cc(Cl)c2=O)cc1. The van der Waals surface area contributed by atoms with Gasteiger partial charge in [-0.15, -0.1) is 0 Å². The molecule has 1 aromatic carbocycles. The summed E-state index contributed by atoms with van der Waals surface area (Å²) in [5.74, 6) is 1.27. The lowest BCUT2D eigenvalue weighted by Gasteiger charge is -2.10. The van der Waals surface area contributed by atoms with Gasteiger partial charge in [0.1, 0.15) is 17.4 Å². The maximum Gasteiger partial charge on any atom is 0.269 e. The average Bonchev–Trinajstić information content (AvgIpc) is 2.44. The average molecular weight is 326 g/mol. The Balaban J connectivity index is 1.97. The highest BCUT2D eigenvalue weighted by molar-refractivity contribution is 6.34. The van der Waals surface area contributed by atoms with E-state index in [0.717, 1.165) is 5.75 Å². The zero-order valence-corrected chi connectivity index (χ0v) is 13.5. The topological polar surface area (TPSA) is 31.2 Å². The van der Waals surface area contributed by atoms with E-state index < -0.39 is 0 Å². The van der Waals surface area contributed by atoms with Crippen molar-refractivity contribution < 1.29 is 4.74 Å². The van der Waals surface area contributed by atoms with Crippen LogP contribution in [-0.2, 0) is 6.54 Å². The van der Waals surface area contributed by atoms with Crippen molar-refractivity contribution in [2.45, 2.75) is 26.3 Å². The molecule has 0 unspecified atom stereocenters. The number of halogens is 2. The molecule has 0 fully saturated rings. The van der Waals surface area contributed by atoms with Crippen LogP contribution in [-0.4, -0.2) is 11.2 Å². The van der Waals surface area contributed by atoms with Crippen LogP contribution in [0.2, 0.25) is 10.0 Å². The van der Waals surface area contributed by atoms with Gasteiger partial charge in [-0.1, -0.05) is 49.2 Å². The fraction of sp³-hybridized carbons (Fsp3) is 0.312. The van der Waals surface area contributed by atoms with Gasteiger partial charge in [0.15, 0.2) is 0 Å². The number of benzene rings is 1. The first-order valence-corrected chi connectivity index (χ1v) is 7.51. The summed E-state index contributed by atoms with van der Waals surface area (Å²) < 4.78 is 7.09. The summed E-state index contributed by atoms with van der Waals surface area (Å²) in [6, 6.07) is 9.39. The third-order valence-electron chi connectivity index (χ3n) is 3.16. The predicted octanol–water partition coefficient (Wildman–Crippen LogP) is 4.36. The van der Waals surface area contributed by atoms with Crippen molar-refractivity contribution in [2.75, 3.05) is 6.61 Å². The van der Waals surface area contributed by atoms with E-state index in [1.165, 1.54) is 16.2 Å². The minimum absolute atomic E-state index is 0.115. The van der Waals surface area contributed by atoms with Gasteiger partial charge >= 0.3 is 0 Å². The molecule has 3 nitrogen and oxygen atoms in total. The highest BCUT2D eigenvalue weighted by atomic mass is 35.5. The molecule has 0 saturated heterocycles. The fourth-order valence-electron chi connectivity index (χ4n) is 1.94. The largest absolute Gasteiger partial charge is 0.492 e. The zero-order chi connectivity index (χ0) is 15.4. The lowest BCUT2D eigenvalue weighted by atomic mass is 10.0. The summed E-state index contributed by atoms with van der Waals surface area (Å²) >= 11 is 11.7. The number of pyridine rings is 1. The summed E-state index contributed by atoms with van der Waals surface area (Å²) in [5, 5.41) is 0.546. The summed E-state index contributed by atoms with van der Waals surface area (Å²) in [6.45, 7) is 5.05. The first-order chi connectivity index (χ1) is 9.97. The molecule has 0 spiro atoms. The Kier molecular flexibility index (Phi) is 5.32. The van der Waals surface area contributed by atoms with Crippen molar-refractivity contribution in [1.29, 1.82) is 0 Å². The number of ether oxygens (including phenoxy) is 1. The molecule has 5 heteroatoms.